The van der Waals surface area contributed by atoms with Crippen LogP contribution in [0.25, 0.3) is 10.8 Å². The number of nitrogens with zero attached hydrogens (tertiary/aromatic N) is 2. The van der Waals surface area contributed by atoms with Crippen molar-refractivity contribution in [2.24, 2.45) is 10.2 Å². The van der Waals surface area contributed by atoms with E-state index in [2.05, 4.69) is 10.2 Å². The van der Waals surface area contributed by atoms with Crippen molar-refractivity contribution < 1.29 is 36.2 Å². The molecule has 3 rings (SSSR count). The largest absolute Gasteiger partial charge is 0.508 e. The zero-order chi connectivity index (χ0) is 21.6. The molecule has 0 aliphatic rings. The van der Waals surface area contributed by atoms with Crippen molar-refractivity contribution in [3.63, 3.8) is 0 Å². The highest BCUT2D eigenvalue weighted by molar-refractivity contribution is 7.86. The first-order chi connectivity index (χ1) is 13.4. The van der Waals surface area contributed by atoms with Crippen molar-refractivity contribution in [3.8, 4) is 11.5 Å². The van der Waals surface area contributed by atoms with Gasteiger partial charge in [-0.2, -0.15) is 16.8 Å². The first-order valence-corrected chi connectivity index (χ1v) is 10.5. The molecule has 0 spiro atoms. The minimum Gasteiger partial charge on any atom is -0.508 e. The van der Waals surface area contributed by atoms with Gasteiger partial charge in [0.05, 0.1) is 26.6 Å². The second-order valence-electron chi connectivity index (χ2n) is 5.88. The number of fused-ring (bicyclic) bond motifs is 1. The predicted octanol–water partition coefficient (Wildman–Crippen LogP) is 2.74. The van der Waals surface area contributed by atoms with E-state index in [0.717, 1.165) is 24.3 Å². The Hall–Kier alpha value is -3.26. The third kappa shape index (κ3) is 4.27. The first kappa shape index (κ1) is 20.5. The molecule has 152 valence electrons. The van der Waals surface area contributed by atoms with Crippen LogP contribution in [0.2, 0.25) is 0 Å². The van der Waals surface area contributed by atoms with Crippen molar-refractivity contribution in [1.29, 1.82) is 0 Å². The van der Waals surface area contributed by atoms with Crippen LogP contribution in [0.1, 0.15) is 0 Å². The van der Waals surface area contributed by atoms with Crippen LogP contribution < -0.4 is 5.73 Å². The summed E-state index contributed by atoms with van der Waals surface area (Å²) in [4.78, 5) is -1.34. The van der Waals surface area contributed by atoms with E-state index in [0.29, 0.717) is 0 Å². The molecule has 0 aliphatic heterocycles. The fourth-order valence-corrected chi connectivity index (χ4v) is 3.61. The molecule has 0 saturated carbocycles. The molecule has 0 bridgehead atoms. The maximum Gasteiger partial charge on any atom is 0.294 e. The average molecular weight is 439 g/mol. The first-order valence-electron chi connectivity index (χ1n) is 7.62. The molecule has 29 heavy (non-hydrogen) atoms. The summed E-state index contributed by atoms with van der Waals surface area (Å²) in [5.41, 5.74) is 5.64. The number of aromatic hydroxyl groups is 2. The van der Waals surface area contributed by atoms with E-state index in [1.807, 2.05) is 0 Å². The van der Waals surface area contributed by atoms with Crippen LogP contribution in [0.5, 0.6) is 11.5 Å². The standard InChI is InChI=1S/C16H13N3O8S2/c17-12-5-9(20)1-2-13(12)18-19-14-6-10(28(22,23)24)3-8-4-11(29(25,26)27)7-15(21)16(8)14/h1-7,20-21H,17H2,(H,22,23,24)(H,25,26,27). The molecule has 3 aromatic carbocycles. The monoisotopic (exact) mass is 439 g/mol. The predicted molar refractivity (Wildman–Crippen MR) is 102 cm³/mol. The van der Waals surface area contributed by atoms with Crippen molar-refractivity contribution in [2.45, 2.75) is 9.79 Å². The smallest absolute Gasteiger partial charge is 0.294 e. The molecular weight excluding hydrogens is 426 g/mol. The number of phenolic OH excluding ortho intramolecular Hbond substituents is 2. The summed E-state index contributed by atoms with van der Waals surface area (Å²) in [6, 6.07) is 7.27. The minimum atomic E-state index is -4.73. The Morgan fingerprint density at radius 1 is 0.759 bits per heavy atom. The zero-order valence-corrected chi connectivity index (χ0v) is 15.9. The molecule has 0 aliphatic carbocycles. The molecule has 11 nitrogen and oxygen atoms in total. The lowest BCUT2D eigenvalue weighted by Gasteiger charge is -2.09. The lowest BCUT2D eigenvalue weighted by atomic mass is 10.1. The van der Waals surface area contributed by atoms with E-state index < -0.39 is 35.8 Å². The number of nitrogens with two attached hydrogens (primary N) is 1. The van der Waals surface area contributed by atoms with Gasteiger partial charge in [0.15, 0.2) is 0 Å². The van der Waals surface area contributed by atoms with Crippen molar-refractivity contribution in [1.82, 2.24) is 0 Å². The topological polar surface area (TPSA) is 200 Å². The third-order valence-electron chi connectivity index (χ3n) is 3.83. The highest BCUT2D eigenvalue weighted by Crippen LogP contribution is 2.39. The highest BCUT2D eigenvalue weighted by Gasteiger charge is 2.19. The Bertz CT molecular complexity index is 1380. The summed E-state index contributed by atoms with van der Waals surface area (Å²) in [6.45, 7) is 0. The molecular formula is C16H13N3O8S2. The van der Waals surface area contributed by atoms with Gasteiger partial charge in [-0.1, -0.05) is 0 Å². The van der Waals surface area contributed by atoms with Crippen LogP contribution in [0.15, 0.2) is 62.5 Å². The van der Waals surface area contributed by atoms with Gasteiger partial charge < -0.3 is 15.9 Å². The van der Waals surface area contributed by atoms with Gasteiger partial charge in [-0.05, 0) is 35.7 Å². The second kappa shape index (κ2) is 6.97. The number of hydrogen-bond acceptors (Lipinski definition) is 9. The Labute approximate surface area is 164 Å². The Kier molecular flexibility index (Phi) is 4.92. The fourth-order valence-electron chi connectivity index (χ4n) is 2.53. The van der Waals surface area contributed by atoms with E-state index in [1.54, 1.807) is 0 Å². The third-order valence-corrected chi connectivity index (χ3v) is 5.49. The summed E-state index contributed by atoms with van der Waals surface area (Å²) < 4.78 is 64.4. The van der Waals surface area contributed by atoms with Crippen LogP contribution in [0.4, 0.5) is 17.1 Å². The van der Waals surface area contributed by atoms with Gasteiger partial charge in [0.1, 0.15) is 17.2 Å². The highest BCUT2D eigenvalue weighted by atomic mass is 32.2. The lowest BCUT2D eigenvalue weighted by Crippen LogP contribution is -2.00. The number of nitrogen functional groups attached to an aromatic ring is 1. The van der Waals surface area contributed by atoms with Gasteiger partial charge in [0, 0.05) is 12.1 Å². The maximum absolute atomic E-state index is 11.6. The van der Waals surface area contributed by atoms with E-state index >= 15 is 0 Å². The molecule has 0 aromatic heterocycles. The van der Waals surface area contributed by atoms with E-state index in [4.69, 9.17) is 5.73 Å². The molecule has 0 atom stereocenters. The van der Waals surface area contributed by atoms with Gasteiger partial charge in [0.2, 0.25) is 0 Å². The number of rotatable bonds is 4. The molecule has 0 amide bonds. The van der Waals surface area contributed by atoms with Gasteiger partial charge >= 0.3 is 0 Å². The number of benzene rings is 3. The number of azo groups is 1. The Balaban J connectivity index is 2.31. The van der Waals surface area contributed by atoms with E-state index in [1.165, 1.54) is 18.2 Å². The summed E-state index contributed by atoms with van der Waals surface area (Å²) in [6.07, 6.45) is 0. The zero-order valence-electron chi connectivity index (χ0n) is 14.3. The van der Waals surface area contributed by atoms with E-state index in [9.17, 15) is 36.2 Å². The Morgan fingerprint density at radius 2 is 1.31 bits per heavy atom. The van der Waals surface area contributed by atoms with Gasteiger partial charge in [-0.25, -0.2) is 0 Å². The minimum absolute atomic E-state index is 0.0573. The number of phenols is 2. The maximum atomic E-state index is 11.6. The molecule has 0 saturated heterocycles. The summed E-state index contributed by atoms with van der Waals surface area (Å²) in [5.74, 6) is -0.750. The number of anilines is 1. The molecule has 0 unspecified atom stereocenters. The molecule has 13 heteroatoms. The van der Waals surface area contributed by atoms with Gasteiger partial charge in [-0.3, -0.25) is 9.11 Å². The fraction of sp³-hybridized carbons (Fsp3) is 0. The molecule has 0 fully saturated rings. The average Bonchev–Trinajstić information content (AvgIpc) is 2.58. The number of hydrogen-bond donors (Lipinski definition) is 5. The second-order valence-corrected chi connectivity index (χ2v) is 8.72. The van der Waals surface area contributed by atoms with E-state index in [-0.39, 0.29) is 33.6 Å². The van der Waals surface area contributed by atoms with Crippen molar-refractivity contribution >= 4 is 48.1 Å². The Morgan fingerprint density at radius 3 is 1.86 bits per heavy atom. The summed E-state index contributed by atoms with van der Waals surface area (Å²) in [7, 11) is -9.44. The lowest BCUT2D eigenvalue weighted by molar-refractivity contribution is 0.471. The summed E-state index contributed by atoms with van der Waals surface area (Å²) >= 11 is 0. The molecule has 6 N–H and O–H groups in total. The van der Waals surface area contributed by atoms with Crippen molar-refractivity contribution in [2.75, 3.05) is 5.73 Å². The van der Waals surface area contributed by atoms with Gasteiger partial charge in [-0.15, -0.1) is 10.2 Å². The van der Waals surface area contributed by atoms with Crippen LogP contribution in [-0.2, 0) is 20.2 Å². The van der Waals surface area contributed by atoms with Crippen LogP contribution in [0, 0.1) is 0 Å². The van der Waals surface area contributed by atoms with Crippen LogP contribution >= 0.6 is 0 Å². The van der Waals surface area contributed by atoms with Crippen LogP contribution in [-0.4, -0.2) is 36.2 Å². The van der Waals surface area contributed by atoms with Crippen molar-refractivity contribution in [3.05, 3.63) is 42.5 Å². The molecule has 0 radical (unpaired) electrons. The quantitative estimate of drug-likeness (QED) is 0.230. The summed E-state index contributed by atoms with van der Waals surface area (Å²) in [5, 5.41) is 27.0. The molecule has 0 heterocycles. The normalized spacial score (nSPS) is 12.6. The molecule has 3 aromatic rings. The van der Waals surface area contributed by atoms with Crippen LogP contribution in [0.3, 0.4) is 0 Å². The SMILES string of the molecule is Nc1cc(O)ccc1N=Nc1cc(S(=O)(=O)O)cc2cc(S(=O)(=O)O)cc(O)c12. The van der Waals surface area contributed by atoms with Gasteiger partial charge in [0.25, 0.3) is 20.2 Å².